The van der Waals surface area contributed by atoms with Crippen molar-refractivity contribution in [2.75, 3.05) is 0 Å². The number of hydrogen-bond acceptors (Lipinski definition) is 4. The molecule has 5 heteroatoms. The van der Waals surface area contributed by atoms with E-state index in [0.29, 0.717) is 25.7 Å². The molecule has 0 aliphatic carbocycles. The van der Waals surface area contributed by atoms with Gasteiger partial charge in [-0.25, -0.2) is 0 Å². The summed E-state index contributed by atoms with van der Waals surface area (Å²) in [4.78, 5) is 48.3. The highest BCUT2D eigenvalue weighted by Gasteiger charge is 2.25. The molecule has 0 aromatic heterocycles. The van der Waals surface area contributed by atoms with Crippen LogP contribution in [0.2, 0.25) is 0 Å². The van der Waals surface area contributed by atoms with Crippen molar-refractivity contribution in [1.82, 2.24) is 0 Å². The van der Waals surface area contributed by atoms with Crippen molar-refractivity contribution >= 4 is 23.3 Å². The maximum Gasteiger partial charge on any atom is 0.307 e. The van der Waals surface area contributed by atoms with Crippen molar-refractivity contribution in [3.05, 3.63) is 144 Å². The number of ketones is 3. The number of benzene rings is 4. The number of carboxylic acid groups (broad SMARTS) is 1. The van der Waals surface area contributed by atoms with Crippen LogP contribution in [-0.2, 0) is 44.9 Å². The van der Waals surface area contributed by atoms with Crippen molar-refractivity contribution in [2.45, 2.75) is 59.3 Å². The van der Waals surface area contributed by atoms with E-state index in [1.54, 1.807) is 6.92 Å². The number of carbonyl (C=O) groups excluding carboxylic acids is 3. The molecule has 3 unspecified atom stereocenters. The minimum Gasteiger partial charge on any atom is -0.481 e. The number of carbonyl (C=O) groups is 4. The second-order valence-electron chi connectivity index (χ2n) is 12.2. The minimum absolute atomic E-state index is 0.0113. The highest BCUT2D eigenvalue weighted by atomic mass is 16.4. The topological polar surface area (TPSA) is 88.5 Å². The molecule has 0 spiro atoms. The third kappa shape index (κ3) is 12.8. The molecule has 4 aromatic carbocycles. The zero-order valence-electron chi connectivity index (χ0n) is 27.2. The van der Waals surface area contributed by atoms with Crippen LogP contribution in [0.15, 0.2) is 121 Å². The molecular formula is C41H46O5. The van der Waals surface area contributed by atoms with Crippen LogP contribution in [-0.4, -0.2) is 28.4 Å². The van der Waals surface area contributed by atoms with Gasteiger partial charge in [0.15, 0.2) is 0 Å². The molecule has 4 atom stereocenters. The molecule has 0 amide bonds. The largest absolute Gasteiger partial charge is 0.481 e. The molecule has 0 aliphatic rings. The Hall–Kier alpha value is -4.64. The second-order valence-corrected chi connectivity index (χ2v) is 12.2. The van der Waals surface area contributed by atoms with E-state index in [4.69, 9.17) is 0 Å². The Kier molecular flexibility index (Phi) is 14.8. The van der Waals surface area contributed by atoms with Gasteiger partial charge in [-0.3, -0.25) is 19.2 Å². The number of carboxylic acids is 1. The lowest BCUT2D eigenvalue weighted by atomic mass is 9.86. The van der Waals surface area contributed by atoms with Gasteiger partial charge in [0.25, 0.3) is 0 Å². The van der Waals surface area contributed by atoms with Crippen LogP contribution in [0.5, 0.6) is 0 Å². The van der Waals surface area contributed by atoms with Gasteiger partial charge in [0.2, 0.25) is 0 Å². The second kappa shape index (κ2) is 19.0. The standard InChI is InChI=1S/C21H24O2.C20H22O3/c1-16(13-18-9-5-3-6-10-18)21(23)15-20(17(2)22)14-19-11-7-4-8-12-19;1-15(12-16-8-4-2-5-9-16)19(21)14-18(20(22)23)13-17-10-6-3-7-11-17/h3-12,16,20H,13-15H2,1-2H3;2-11,15,18H,12-14H2,1H3,(H,22,23)/t;15?,18-/m.1/s1. The smallest absolute Gasteiger partial charge is 0.307 e. The SMILES string of the molecule is CC(=O)C(CC(=O)C(C)Cc1ccccc1)Cc1ccccc1.CC(Cc1ccccc1)C(=O)C[C@@H](Cc1ccccc1)C(=O)O. The van der Waals surface area contributed by atoms with E-state index < -0.39 is 11.9 Å². The van der Waals surface area contributed by atoms with Gasteiger partial charge in [-0.15, -0.1) is 0 Å². The predicted octanol–water partition coefficient (Wildman–Crippen LogP) is 8.04. The number of rotatable bonds is 16. The highest BCUT2D eigenvalue weighted by Crippen LogP contribution is 2.20. The fourth-order valence-electron chi connectivity index (χ4n) is 5.45. The molecule has 0 bridgehead atoms. The first-order valence-corrected chi connectivity index (χ1v) is 16.1. The van der Waals surface area contributed by atoms with Gasteiger partial charge in [-0.05, 0) is 54.9 Å². The molecule has 0 radical (unpaired) electrons. The van der Waals surface area contributed by atoms with E-state index >= 15 is 0 Å². The highest BCUT2D eigenvalue weighted by molar-refractivity contribution is 5.88. The Morgan fingerprint density at radius 3 is 1.07 bits per heavy atom. The molecule has 0 fully saturated rings. The summed E-state index contributed by atoms with van der Waals surface area (Å²) in [6, 6.07) is 39.2. The summed E-state index contributed by atoms with van der Waals surface area (Å²) in [6.07, 6.45) is 2.82. The van der Waals surface area contributed by atoms with Crippen LogP contribution < -0.4 is 0 Å². The number of aliphatic carboxylic acids is 1. The van der Waals surface area contributed by atoms with Gasteiger partial charge in [-0.1, -0.05) is 135 Å². The van der Waals surface area contributed by atoms with Crippen LogP contribution in [0.3, 0.4) is 0 Å². The van der Waals surface area contributed by atoms with Crippen LogP contribution in [0.4, 0.5) is 0 Å². The Balaban J connectivity index is 0.000000250. The first-order valence-electron chi connectivity index (χ1n) is 16.1. The van der Waals surface area contributed by atoms with E-state index in [1.807, 2.05) is 135 Å². The normalized spacial score (nSPS) is 13.3. The summed E-state index contributed by atoms with van der Waals surface area (Å²) in [5.74, 6) is -1.75. The molecule has 240 valence electrons. The fourth-order valence-corrected chi connectivity index (χ4v) is 5.45. The number of Topliss-reactive ketones (excluding diaryl/α,β-unsaturated/α-hetero) is 3. The van der Waals surface area contributed by atoms with Crippen molar-refractivity contribution in [1.29, 1.82) is 0 Å². The summed E-state index contributed by atoms with van der Waals surface area (Å²) >= 11 is 0. The van der Waals surface area contributed by atoms with Crippen LogP contribution in [0, 0.1) is 23.7 Å². The summed E-state index contributed by atoms with van der Waals surface area (Å²) in [7, 11) is 0. The number of hydrogen-bond donors (Lipinski definition) is 1. The lowest BCUT2D eigenvalue weighted by Gasteiger charge is -2.16. The van der Waals surface area contributed by atoms with Gasteiger partial charge >= 0.3 is 5.97 Å². The fraction of sp³-hybridized carbons (Fsp3) is 0.317. The molecule has 0 aliphatic heterocycles. The molecule has 0 saturated heterocycles. The van der Waals surface area contributed by atoms with E-state index in [0.717, 1.165) is 28.7 Å². The molecular weight excluding hydrogens is 572 g/mol. The lowest BCUT2D eigenvalue weighted by Crippen LogP contribution is -2.24. The molecule has 0 heterocycles. The zero-order valence-corrected chi connectivity index (χ0v) is 27.2. The van der Waals surface area contributed by atoms with E-state index in [9.17, 15) is 24.3 Å². The Bertz CT molecular complexity index is 1380. The minimum atomic E-state index is -0.908. The van der Waals surface area contributed by atoms with E-state index in [1.165, 1.54) is 0 Å². The van der Waals surface area contributed by atoms with Crippen molar-refractivity contribution in [3.8, 4) is 0 Å². The monoisotopic (exact) mass is 618 g/mol. The Morgan fingerprint density at radius 2 is 0.761 bits per heavy atom. The van der Waals surface area contributed by atoms with Crippen LogP contribution in [0.25, 0.3) is 0 Å². The molecule has 46 heavy (non-hydrogen) atoms. The Morgan fingerprint density at radius 1 is 0.478 bits per heavy atom. The van der Waals surface area contributed by atoms with Gasteiger partial charge in [0.05, 0.1) is 5.92 Å². The van der Waals surface area contributed by atoms with E-state index in [-0.39, 0.29) is 41.5 Å². The summed E-state index contributed by atoms with van der Waals surface area (Å²) in [6.45, 7) is 5.41. The molecule has 5 nitrogen and oxygen atoms in total. The molecule has 0 saturated carbocycles. The first kappa shape index (κ1) is 35.8. The third-order valence-electron chi connectivity index (χ3n) is 8.34. The maximum atomic E-state index is 12.5. The third-order valence-corrected chi connectivity index (χ3v) is 8.34. The quantitative estimate of drug-likeness (QED) is 0.137. The van der Waals surface area contributed by atoms with Crippen molar-refractivity contribution < 1.29 is 24.3 Å². The van der Waals surface area contributed by atoms with Gasteiger partial charge in [-0.2, -0.15) is 0 Å². The van der Waals surface area contributed by atoms with Crippen LogP contribution >= 0.6 is 0 Å². The van der Waals surface area contributed by atoms with Crippen LogP contribution in [0.1, 0.15) is 55.9 Å². The summed E-state index contributed by atoms with van der Waals surface area (Å²) in [5, 5.41) is 9.40. The van der Waals surface area contributed by atoms with E-state index in [2.05, 4.69) is 0 Å². The Labute approximate surface area is 273 Å². The predicted molar refractivity (Wildman–Crippen MR) is 183 cm³/mol. The van der Waals surface area contributed by atoms with Gasteiger partial charge in [0.1, 0.15) is 17.3 Å². The first-order chi connectivity index (χ1) is 22.1. The van der Waals surface area contributed by atoms with Crippen molar-refractivity contribution in [3.63, 3.8) is 0 Å². The van der Waals surface area contributed by atoms with Crippen molar-refractivity contribution in [2.24, 2.45) is 23.7 Å². The zero-order chi connectivity index (χ0) is 33.3. The average Bonchev–Trinajstić information content (AvgIpc) is 3.06. The molecule has 4 rings (SSSR count). The molecule has 4 aromatic rings. The maximum absolute atomic E-state index is 12.5. The average molecular weight is 619 g/mol. The van der Waals surface area contributed by atoms with Gasteiger partial charge in [0, 0.05) is 30.6 Å². The van der Waals surface area contributed by atoms with Gasteiger partial charge < -0.3 is 5.11 Å². The lowest BCUT2D eigenvalue weighted by molar-refractivity contribution is -0.144. The summed E-state index contributed by atoms with van der Waals surface area (Å²) < 4.78 is 0. The summed E-state index contributed by atoms with van der Waals surface area (Å²) in [5.41, 5.74) is 4.32. The molecule has 1 N–H and O–H groups in total.